The third kappa shape index (κ3) is 2.65. The average Bonchev–Trinajstić information content (AvgIpc) is 2.36. The molecule has 0 N–H and O–H groups in total. The lowest BCUT2D eigenvalue weighted by molar-refractivity contribution is 0.0821. The van der Waals surface area contributed by atoms with E-state index in [0.29, 0.717) is 0 Å². The van der Waals surface area contributed by atoms with Crippen LogP contribution in [0.5, 0.6) is 0 Å². The van der Waals surface area contributed by atoms with Crippen molar-refractivity contribution < 1.29 is 13.2 Å². The number of aromatic nitrogens is 1. The Kier molecular flexibility index (Phi) is 4.03. The summed E-state index contributed by atoms with van der Waals surface area (Å²) in [4.78, 5) is 16.6. The maximum atomic E-state index is 11.7. The van der Waals surface area contributed by atoms with Gasteiger partial charge in [0.1, 0.15) is 16.7 Å². The van der Waals surface area contributed by atoms with Gasteiger partial charge in [-0.25, -0.2) is 13.4 Å². The van der Waals surface area contributed by atoms with E-state index in [-0.39, 0.29) is 27.9 Å². The summed E-state index contributed by atoms with van der Waals surface area (Å²) in [6.45, 7) is 1.48. The highest BCUT2D eigenvalue weighted by Crippen LogP contribution is 2.16. The van der Waals surface area contributed by atoms with E-state index in [1.54, 1.807) is 20.2 Å². The molecule has 1 heterocycles. The molecule has 0 spiro atoms. The summed E-state index contributed by atoms with van der Waals surface area (Å²) < 4.78 is 23.4. The predicted octanol–water partition coefficient (Wildman–Crippen LogP) is 0.449. The Hall–Kier alpha value is -1.94. The van der Waals surface area contributed by atoms with Gasteiger partial charge in [0, 0.05) is 14.1 Å². The van der Waals surface area contributed by atoms with Crippen LogP contribution in [0.1, 0.15) is 23.1 Å². The van der Waals surface area contributed by atoms with Gasteiger partial charge in [-0.15, -0.1) is 0 Å². The van der Waals surface area contributed by atoms with Gasteiger partial charge in [0.15, 0.2) is 15.5 Å². The molecule has 0 bridgehead atoms. The van der Waals surface area contributed by atoms with Crippen molar-refractivity contribution >= 4 is 15.7 Å². The smallest absolute Gasteiger partial charge is 0.271 e. The number of rotatable bonds is 3. The number of carbonyl (C=O) groups excluding carboxylic acids is 1. The number of hydrogen-bond donors (Lipinski definition) is 0. The highest BCUT2D eigenvalue weighted by Gasteiger charge is 2.20. The van der Waals surface area contributed by atoms with E-state index in [2.05, 4.69) is 4.98 Å². The third-order valence-corrected chi connectivity index (χ3v) is 4.06. The zero-order valence-electron chi connectivity index (χ0n) is 10.3. The summed E-state index contributed by atoms with van der Waals surface area (Å²) >= 11 is 0. The maximum absolute atomic E-state index is 11.7. The van der Waals surface area contributed by atoms with Gasteiger partial charge in [-0.2, -0.15) is 5.26 Å². The number of hydrogen-bond acceptors (Lipinski definition) is 5. The molecule has 7 heteroatoms. The fourth-order valence-electron chi connectivity index (χ4n) is 1.28. The molecule has 0 aromatic carbocycles. The Morgan fingerprint density at radius 1 is 1.44 bits per heavy atom. The second kappa shape index (κ2) is 5.14. The number of nitriles is 1. The molecule has 0 saturated carbocycles. The van der Waals surface area contributed by atoms with Crippen LogP contribution in [0.2, 0.25) is 0 Å². The molecule has 1 aromatic rings. The second-order valence-corrected chi connectivity index (χ2v) is 6.00. The Morgan fingerprint density at radius 2 is 2.06 bits per heavy atom. The van der Waals surface area contributed by atoms with Gasteiger partial charge >= 0.3 is 0 Å². The topological polar surface area (TPSA) is 91.1 Å². The van der Waals surface area contributed by atoms with E-state index in [1.807, 2.05) is 0 Å². The van der Waals surface area contributed by atoms with Crippen molar-refractivity contribution in [1.82, 2.24) is 9.88 Å². The van der Waals surface area contributed by atoms with E-state index in [9.17, 15) is 13.2 Å². The molecule has 6 nitrogen and oxygen atoms in total. The maximum Gasteiger partial charge on any atom is 0.271 e. The first-order chi connectivity index (χ1) is 8.33. The van der Waals surface area contributed by atoms with E-state index in [0.717, 1.165) is 0 Å². The molecular formula is C11H13N3O3S. The number of pyridine rings is 1. The Labute approximate surface area is 106 Å². The van der Waals surface area contributed by atoms with Crippen molar-refractivity contribution in [3.05, 3.63) is 23.5 Å². The van der Waals surface area contributed by atoms with E-state index in [4.69, 9.17) is 5.26 Å². The lowest BCUT2D eigenvalue weighted by atomic mass is 10.3. The molecule has 1 amide bonds. The van der Waals surface area contributed by atoms with Crippen molar-refractivity contribution in [2.45, 2.75) is 11.8 Å². The molecule has 0 aliphatic heterocycles. The van der Waals surface area contributed by atoms with Crippen LogP contribution in [0.25, 0.3) is 0 Å². The summed E-state index contributed by atoms with van der Waals surface area (Å²) in [7, 11) is -0.417. The standard InChI is InChI=1S/C11H13N3O3S/c1-4-18(16,17)10-6-5-8(11(15)14(2)3)13-9(10)7-12/h5-6H,4H2,1-3H3. The molecule has 0 aliphatic rings. The lowest BCUT2D eigenvalue weighted by Gasteiger charge is -2.10. The van der Waals surface area contributed by atoms with Crippen LogP contribution < -0.4 is 0 Å². The molecule has 96 valence electrons. The Morgan fingerprint density at radius 3 is 2.50 bits per heavy atom. The van der Waals surface area contributed by atoms with Crippen molar-refractivity contribution in [1.29, 1.82) is 5.26 Å². The van der Waals surface area contributed by atoms with E-state index in [1.165, 1.54) is 24.0 Å². The molecule has 0 aliphatic carbocycles. The normalized spacial score (nSPS) is 10.8. The van der Waals surface area contributed by atoms with E-state index < -0.39 is 9.84 Å². The molecule has 0 unspecified atom stereocenters. The van der Waals surface area contributed by atoms with Crippen LogP contribution in [0, 0.1) is 11.3 Å². The molecule has 0 saturated heterocycles. The van der Waals surface area contributed by atoms with Gasteiger partial charge in [0.2, 0.25) is 0 Å². The number of sulfone groups is 1. The summed E-state index contributed by atoms with van der Waals surface area (Å²) in [6, 6.07) is 4.27. The number of carbonyl (C=O) groups is 1. The van der Waals surface area contributed by atoms with Crippen molar-refractivity contribution in [3.63, 3.8) is 0 Å². The molecule has 1 rings (SSSR count). The zero-order chi connectivity index (χ0) is 13.9. The fraction of sp³-hybridized carbons (Fsp3) is 0.364. The van der Waals surface area contributed by atoms with Gasteiger partial charge in [0.25, 0.3) is 5.91 Å². The zero-order valence-corrected chi connectivity index (χ0v) is 11.2. The van der Waals surface area contributed by atoms with Crippen LogP contribution in [-0.4, -0.2) is 44.1 Å². The van der Waals surface area contributed by atoms with Crippen molar-refractivity contribution in [2.75, 3.05) is 19.8 Å². The molecule has 0 fully saturated rings. The number of nitrogens with zero attached hydrogens (tertiary/aromatic N) is 3. The average molecular weight is 267 g/mol. The highest BCUT2D eigenvalue weighted by molar-refractivity contribution is 7.91. The summed E-state index contributed by atoms with van der Waals surface area (Å²) in [5.74, 6) is -0.503. The van der Waals surface area contributed by atoms with Gasteiger partial charge in [-0.1, -0.05) is 6.92 Å². The SMILES string of the molecule is CCS(=O)(=O)c1ccc(C(=O)N(C)C)nc1C#N. The minimum Gasteiger partial charge on any atom is -0.343 e. The minimum atomic E-state index is -3.51. The van der Waals surface area contributed by atoms with Crippen LogP contribution in [0.15, 0.2) is 17.0 Å². The quantitative estimate of drug-likeness (QED) is 0.793. The van der Waals surface area contributed by atoms with Crippen LogP contribution >= 0.6 is 0 Å². The first-order valence-corrected chi connectivity index (χ1v) is 6.84. The molecular weight excluding hydrogens is 254 g/mol. The summed E-state index contributed by atoms with van der Waals surface area (Å²) in [5, 5.41) is 8.92. The van der Waals surface area contributed by atoms with E-state index >= 15 is 0 Å². The lowest BCUT2D eigenvalue weighted by Crippen LogP contribution is -2.23. The molecule has 1 aromatic heterocycles. The fourth-order valence-corrected chi connectivity index (χ4v) is 2.25. The molecule has 0 radical (unpaired) electrons. The Balaban J connectivity index is 3.39. The summed E-state index contributed by atoms with van der Waals surface area (Å²) in [6.07, 6.45) is 0. The van der Waals surface area contributed by atoms with Crippen LogP contribution in [0.3, 0.4) is 0 Å². The first-order valence-electron chi connectivity index (χ1n) is 5.19. The monoisotopic (exact) mass is 267 g/mol. The van der Waals surface area contributed by atoms with Crippen molar-refractivity contribution in [3.8, 4) is 6.07 Å². The van der Waals surface area contributed by atoms with Gasteiger partial charge in [0.05, 0.1) is 5.75 Å². The van der Waals surface area contributed by atoms with Crippen LogP contribution in [-0.2, 0) is 9.84 Å². The molecule has 0 atom stereocenters. The van der Waals surface area contributed by atoms with Gasteiger partial charge < -0.3 is 4.90 Å². The first kappa shape index (κ1) is 14.1. The van der Waals surface area contributed by atoms with Crippen molar-refractivity contribution in [2.24, 2.45) is 0 Å². The highest BCUT2D eigenvalue weighted by atomic mass is 32.2. The third-order valence-electron chi connectivity index (χ3n) is 2.30. The van der Waals surface area contributed by atoms with Gasteiger partial charge in [-0.05, 0) is 12.1 Å². The number of amides is 1. The van der Waals surface area contributed by atoms with Gasteiger partial charge in [-0.3, -0.25) is 4.79 Å². The van der Waals surface area contributed by atoms with Crippen LogP contribution in [0.4, 0.5) is 0 Å². The minimum absolute atomic E-state index is 0.0478. The Bertz CT molecular complexity index is 615. The summed E-state index contributed by atoms with van der Waals surface area (Å²) in [5.41, 5.74) is -0.198. The predicted molar refractivity (Wildman–Crippen MR) is 64.7 cm³/mol. The largest absolute Gasteiger partial charge is 0.343 e. The second-order valence-electron chi connectivity index (χ2n) is 3.76. The molecule has 18 heavy (non-hydrogen) atoms.